The van der Waals surface area contributed by atoms with Crippen LogP contribution in [0.1, 0.15) is 29.9 Å². The molecule has 1 N–H and O–H groups in total. The second-order valence-corrected chi connectivity index (χ2v) is 5.17. The van der Waals surface area contributed by atoms with Gasteiger partial charge < -0.3 is 4.74 Å². The number of nitrogens with zero attached hydrogens (tertiary/aromatic N) is 4. The molecule has 3 heterocycles. The number of hydrogen-bond donors (Lipinski definition) is 1. The molecule has 6 nitrogen and oxygen atoms in total. The summed E-state index contributed by atoms with van der Waals surface area (Å²) in [6, 6.07) is 2.27. The SMILES string of the molecule is CCn1cc(CN2CCOC[C@H]2c2ccn[nH]2)c(C)n1. The van der Waals surface area contributed by atoms with Gasteiger partial charge >= 0.3 is 0 Å². The van der Waals surface area contributed by atoms with Crippen molar-refractivity contribution >= 4 is 0 Å². The van der Waals surface area contributed by atoms with Crippen LogP contribution in [0.5, 0.6) is 0 Å². The molecule has 0 bridgehead atoms. The van der Waals surface area contributed by atoms with E-state index in [0.717, 1.165) is 37.6 Å². The highest BCUT2D eigenvalue weighted by atomic mass is 16.5. The number of ether oxygens (including phenoxy) is 1. The molecule has 0 unspecified atom stereocenters. The smallest absolute Gasteiger partial charge is 0.0755 e. The number of H-pyrrole nitrogens is 1. The Labute approximate surface area is 118 Å². The summed E-state index contributed by atoms with van der Waals surface area (Å²) in [5.41, 5.74) is 3.52. The van der Waals surface area contributed by atoms with E-state index in [2.05, 4.69) is 40.2 Å². The number of hydrogen-bond acceptors (Lipinski definition) is 4. The van der Waals surface area contributed by atoms with Crippen molar-refractivity contribution in [3.05, 3.63) is 35.4 Å². The number of rotatable bonds is 4. The maximum absolute atomic E-state index is 5.62. The van der Waals surface area contributed by atoms with Crippen molar-refractivity contribution in [2.75, 3.05) is 19.8 Å². The molecular weight excluding hydrogens is 254 g/mol. The van der Waals surface area contributed by atoms with Crippen molar-refractivity contribution in [2.45, 2.75) is 33.0 Å². The molecule has 0 radical (unpaired) electrons. The predicted molar refractivity (Wildman–Crippen MR) is 75.2 cm³/mol. The molecule has 1 atom stereocenters. The molecule has 1 saturated heterocycles. The van der Waals surface area contributed by atoms with Crippen molar-refractivity contribution in [3.8, 4) is 0 Å². The lowest BCUT2D eigenvalue weighted by molar-refractivity contribution is -0.0143. The van der Waals surface area contributed by atoms with Crippen LogP contribution in [0.25, 0.3) is 0 Å². The fourth-order valence-electron chi connectivity index (χ4n) is 2.66. The fraction of sp³-hybridized carbons (Fsp3) is 0.571. The van der Waals surface area contributed by atoms with E-state index in [1.165, 1.54) is 5.56 Å². The first kappa shape index (κ1) is 13.3. The largest absolute Gasteiger partial charge is 0.378 e. The molecule has 0 saturated carbocycles. The van der Waals surface area contributed by atoms with Crippen LogP contribution in [0.2, 0.25) is 0 Å². The minimum absolute atomic E-state index is 0.246. The lowest BCUT2D eigenvalue weighted by atomic mass is 10.1. The highest BCUT2D eigenvalue weighted by Crippen LogP contribution is 2.24. The van der Waals surface area contributed by atoms with E-state index in [4.69, 9.17) is 4.74 Å². The van der Waals surface area contributed by atoms with E-state index in [0.29, 0.717) is 6.61 Å². The number of nitrogens with one attached hydrogen (secondary N) is 1. The second kappa shape index (κ2) is 5.76. The van der Waals surface area contributed by atoms with E-state index in [1.54, 1.807) is 6.20 Å². The first-order chi connectivity index (χ1) is 9.78. The molecule has 0 aromatic carbocycles. The third-order valence-electron chi connectivity index (χ3n) is 3.87. The maximum Gasteiger partial charge on any atom is 0.0755 e. The standard InChI is InChI=1S/C14H21N5O/c1-3-19-9-12(11(2)17-19)8-18-6-7-20-10-14(18)13-4-5-15-16-13/h4-5,9,14H,3,6-8,10H2,1-2H3,(H,15,16)/t14-/m0/s1. The number of aromatic nitrogens is 4. The fourth-order valence-corrected chi connectivity index (χ4v) is 2.66. The Morgan fingerprint density at radius 1 is 1.50 bits per heavy atom. The van der Waals surface area contributed by atoms with Crippen LogP contribution in [-0.2, 0) is 17.8 Å². The van der Waals surface area contributed by atoms with E-state index < -0.39 is 0 Å². The first-order valence-electron chi connectivity index (χ1n) is 7.12. The number of aryl methyl sites for hydroxylation is 2. The van der Waals surface area contributed by atoms with Gasteiger partial charge in [-0.3, -0.25) is 14.7 Å². The van der Waals surface area contributed by atoms with Gasteiger partial charge in [-0.1, -0.05) is 0 Å². The van der Waals surface area contributed by atoms with Crippen molar-refractivity contribution in [3.63, 3.8) is 0 Å². The van der Waals surface area contributed by atoms with Crippen molar-refractivity contribution in [1.82, 2.24) is 24.9 Å². The summed E-state index contributed by atoms with van der Waals surface area (Å²) in [7, 11) is 0. The molecule has 1 aliphatic heterocycles. The van der Waals surface area contributed by atoms with Gasteiger partial charge in [-0.05, 0) is 19.9 Å². The van der Waals surface area contributed by atoms with Gasteiger partial charge in [0.25, 0.3) is 0 Å². The molecule has 0 amide bonds. The molecule has 2 aromatic rings. The molecule has 20 heavy (non-hydrogen) atoms. The van der Waals surface area contributed by atoms with Gasteiger partial charge in [-0.25, -0.2) is 0 Å². The van der Waals surface area contributed by atoms with Crippen molar-refractivity contribution in [2.24, 2.45) is 0 Å². The Bertz CT molecular complexity index is 548. The van der Waals surface area contributed by atoms with E-state index in [1.807, 2.05) is 10.7 Å². The Kier molecular flexibility index (Phi) is 3.84. The zero-order chi connectivity index (χ0) is 13.9. The third kappa shape index (κ3) is 2.62. The van der Waals surface area contributed by atoms with Gasteiger partial charge in [0.1, 0.15) is 0 Å². The molecule has 3 rings (SSSR count). The average Bonchev–Trinajstić information content (AvgIpc) is 3.10. The lowest BCUT2D eigenvalue weighted by Crippen LogP contribution is -2.39. The number of aromatic amines is 1. The normalized spacial score (nSPS) is 20.4. The topological polar surface area (TPSA) is 59.0 Å². The van der Waals surface area contributed by atoms with Gasteiger partial charge in [-0.2, -0.15) is 10.2 Å². The van der Waals surface area contributed by atoms with E-state index >= 15 is 0 Å². The van der Waals surface area contributed by atoms with E-state index in [-0.39, 0.29) is 6.04 Å². The first-order valence-corrected chi connectivity index (χ1v) is 7.12. The van der Waals surface area contributed by atoms with Crippen LogP contribution >= 0.6 is 0 Å². The summed E-state index contributed by atoms with van der Waals surface area (Å²) < 4.78 is 7.62. The monoisotopic (exact) mass is 275 g/mol. The van der Waals surface area contributed by atoms with Gasteiger partial charge in [0.2, 0.25) is 0 Å². The Hall–Kier alpha value is -1.66. The average molecular weight is 275 g/mol. The summed E-state index contributed by atoms with van der Waals surface area (Å²) >= 11 is 0. The third-order valence-corrected chi connectivity index (χ3v) is 3.87. The molecule has 1 fully saturated rings. The molecular formula is C14H21N5O. The van der Waals surface area contributed by atoms with Crippen LogP contribution in [0.4, 0.5) is 0 Å². The molecule has 0 spiro atoms. The molecule has 2 aromatic heterocycles. The lowest BCUT2D eigenvalue weighted by Gasteiger charge is -2.34. The van der Waals surface area contributed by atoms with Crippen molar-refractivity contribution < 1.29 is 4.74 Å². The Balaban J connectivity index is 1.78. The van der Waals surface area contributed by atoms with Crippen LogP contribution in [0.15, 0.2) is 18.5 Å². The van der Waals surface area contributed by atoms with Crippen molar-refractivity contribution in [1.29, 1.82) is 0 Å². The highest BCUT2D eigenvalue weighted by molar-refractivity contribution is 5.16. The summed E-state index contributed by atoms with van der Waals surface area (Å²) in [4.78, 5) is 2.43. The Morgan fingerprint density at radius 3 is 3.10 bits per heavy atom. The summed E-state index contributed by atoms with van der Waals surface area (Å²) in [6.07, 6.45) is 3.94. The van der Waals surface area contributed by atoms with Gasteiger partial charge in [0.05, 0.1) is 30.6 Å². The summed E-state index contributed by atoms with van der Waals surface area (Å²) in [5, 5.41) is 11.6. The molecule has 0 aliphatic carbocycles. The van der Waals surface area contributed by atoms with Crippen LogP contribution in [0, 0.1) is 6.92 Å². The minimum atomic E-state index is 0.246. The van der Waals surface area contributed by atoms with Crippen LogP contribution in [0.3, 0.4) is 0 Å². The zero-order valence-electron chi connectivity index (χ0n) is 12.0. The molecule has 6 heteroatoms. The molecule has 108 valence electrons. The quantitative estimate of drug-likeness (QED) is 0.919. The van der Waals surface area contributed by atoms with Crippen LogP contribution in [-0.4, -0.2) is 44.6 Å². The summed E-state index contributed by atoms with van der Waals surface area (Å²) in [5.74, 6) is 0. The van der Waals surface area contributed by atoms with E-state index in [9.17, 15) is 0 Å². The minimum Gasteiger partial charge on any atom is -0.378 e. The predicted octanol–water partition coefficient (Wildman–Crippen LogP) is 1.51. The zero-order valence-corrected chi connectivity index (χ0v) is 12.0. The number of morpholine rings is 1. The summed E-state index contributed by atoms with van der Waals surface area (Å²) in [6.45, 7) is 8.42. The molecule has 1 aliphatic rings. The Morgan fingerprint density at radius 2 is 2.40 bits per heavy atom. The second-order valence-electron chi connectivity index (χ2n) is 5.17. The maximum atomic E-state index is 5.62. The van der Waals surface area contributed by atoms with Gasteiger partial charge in [-0.15, -0.1) is 0 Å². The van der Waals surface area contributed by atoms with Gasteiger partial charge in [0.15, 0.2) is 0 Å². The van der Waals surface area contributed by atoms with Crippen LogP contribution < -0.4 is 0 Å². The highest BCUT2D eigenvalue weighted by Gasteiger charge is 2.26. The van der Waals surface area contributed by atoms with Gasteiger partial charge in [0, 0.05) is 37.6 Å².